The molecule has 5 heteroatoms. The summed E-state index contributed by atoms with van der Waals surface area (Å²) in [7, 11) is 6.16. The standard InChI is InChI=1S/C15H24N4O/c1-19(2,3)14-7-6-13(12-17-14)15(20)16-8-11-18-9-4-5-10-18/h6-7,12H,4-5,8-11H2,1-3H3/p+1. The van der Waals surface area contributed by atoms with E-state index in [9.17, 15) is 4.79 Å². The Hall–Kier alpha value is -1.46. The molecule has 1 N–H and O–H groups in total. The van der Waals surface area contributed by atoms with E-state index in [4.69, 9.17) is 0 Å². The Kier molecular flexibility index (Phi) is 4.73. The minimum atomic E-state index is -0.0374. The van der Waals surface area contributed by atoms with Crippen LogP contribution in [0.5, 0.6) is 0 Å². The van der Waals surface area contributed by atoms with Gasteiger partial charge in [0, 0.05) is 25.4 Å². The molecular formula is C15H25N4O+. The van der Waals surface area contributed by atoms with Crippen LogP contribution in [0, 0.1) is 0 Å². The maximum Gasteiger partial charge on any atom is 0.252 e. The summed E-state index contributed by atoms with van der Waals surface area (Å²) in [6.07, 6.45) is 4.22. The van der Waals surface area contributed by atoms with Gasteiger partial charge in [-0.1, -0.05) is 0 Å². The Morgan fingerprint density at radius 2 is 2.00 bits per heavy atom. The predicted octanol–water partition coefficient (Wildman–Crippen LogP) is 1.10. The molecule has 0 saturated carbocycles. The van der Waals surface area contributed by atoms with Gasteiger partial charge >= 0.3 is 0 Å². The van der Waals surface area contributed by atoms with E-state index in [2.05, 4.69) is 36.3 Å². The van der Waals surface area contributed by atoms with Crippen molar-refractivity contribution in [3.8, 4) is 0 Å². The molecule has 1 saturated heterocycles. The number of nitrogens with one attached hydrogen (secondary N) is 1. The van der Waals surface area contributed by atoms with E-state index < -0.39 is 0 Å². The maximum atomic E-state index is 12.0. The molecule has 1 aromatic heterocycles. The van der Waals surface area contributed by atoms with Crippen molar-refractivity contribution in [1.29, 1.82) is 0 Å². The van der Waals surface area contributed by atoms with E-state index in [1.807, 2.05) is 12.1 Å². The van der Waals surface area contributed by atoms with Crippen LogP contribution >= 0.6 is 0 Å². The Morgan fingerprint density at radius 3 is 2.55 bits per heavy atom. The number of hydrogen-bond acceptors (Lipinski definition) is 3. The van der Waals surface area contributed by atoms with Crippen molar-refractivity contribution in [2.45, 2.75) is 12.8 Å². The van der Waals surface area contributed by atoms with Crippen molar-refractivity contribution in [2.75, 3.05) is 47.3 Å². The highest BCUT2D eigenvalue weighted by Gasteiger charge is 2.15. The van der Waals surface area contributed by atoms with Crippen LogP contribution in [0.25, 0.3) is 0 Å². The zero-order valence-electron chi connectivity index (χ0n) is 12.7. The predicted molar refractivity (Wildman–Crippen MR) is 81.8 cm³/mol. The Balaban J connectivity index is 1.82. The van der Waals surface area contributed by atoms with Gasteiger partial charge in [-0.2, -0.15) is 0 Å². The molecule has 1 amide bonds. The highest BCUT2D eigenvalue weighted by atomic mass is 16.1. The summed E-state index contributed by atoms with van der Waals surface area (Å²) in [6.45, 7) is 3.97. The number of carbonyl (C=O) groups excluding carboxylic acids is 1. The topological polar surface area (TPSA) is 45.2 Å². The zero-order valence-corrected chi connectivity index (χ0v) is 12.7. The summed E-state index contributed by atoms with van der Waals surface area (Å²) in [4.78, 5) is 18.7. The van der Waals surface area contributed by atoms with E-state index in [0.29, 0.717) is 16.6 Å². The fourth-order valence-electron chi connectivity index (χ4n) is 2.35. The van der Waals surface area contributed by atoms with Crippen molar-refractivity contribution in [1.82, 2.24) is 19.7 Å². The van der Waals surface area contributed by atoms with Gasteiger partial charge in [0.25, 0.3) is 5.91 Å². The minimum Gasteiger partial charge on any atom is -0.351 e. The minimum absolute atomic E-state index is 0.0374. The second kappa shape index (κ2) is 6.33. The van der Waals surface area contributed by atoms with Crippen LogP contribution in [0.4, 0.5) is 5.82 Å². The smallest absolute Gasteiger partial charge is 0.252 e. The molecule has 0 atom stereocenters. The van der Waals surface area contributed by atoms with Gasteiger partial charge in [0.15, 0.2) is 0 Å². The first-order chi connectivity index (χ1) is 9.47. The maximum absolute atomic E-state index is 12.0. The number of amides is 1. The van der Waals surface area contributed by atoms with Crippen molar-refractivity contribution < 1.29 is 4.79 Å². The molecular weight excluding hydrogens is 252 g/mol. The van der Waals surface area contributed by atoms with Crippen LogP contribution in [0.3, 0.4) is 0 Å². The summed E-state index contributed by atoms with van der Waals surface area (Å²) < 4.78 is 0.650. The molecule has 0 unspecified atom stereocenters. The normalized spacial score (nSPS) is 16.4. The molecule has 0 radical (unpaired) electrons. The van der Waals surface area contributed by atoms with Crippen LogP contribution in [0.2, 0.25) is 0 Å². The van der Waals surface area contributed by atoms with E-state index in [1.165, 1.54) is 12.8 Å². The molecule has 2 rings (SSSR count). The first kappa shape index (κ1) is 14.9. The third-order valence-corrected chi connectivity index (χ3v) is 3.61. The number of rotatable bonds is 5. The lowest BCUT2D eigenvalue weighted by molar-refractivity contribution is 0.0949. The van der Waals surface area contributed by atoms with Crippen molar-refractivity contribution in [2.24, 2.45) is 0 Å². The number of aromatic nitrogens is 1. The van der Waals surface area contributed by atoms with E-state index >= 15 is 0 Å². The first-order valence-electron chi connectivity index (χ1n) is 7.25. The molecule has 20 heavy (non-hydrogen) atoms. The second-order valence-electron chi connectivity index (χ2n) is 6.22. The van der Waals surface area contributed by atoms with Gasteiger partial charge in [0.05, 0.1) is 26.7 Å². The SMILES string of the molecule is C[N+](C)(C)c1ccc(C(=O)NCCN2CCCC2)cn1. The molecule has 2 heterocycles. The van der Waals surface area contributed by atoms with Crippen molar-refractivity contribution >= 4 is 11.7 Å². The summed E-state index contributed by atoms with van der Waals surface area (Å²) in [6, 6.07) is 3.76. The Labute approximate surface area is 121 Å². The van der Waals surface area contributed by atoms with Crippen LogP contribution < -0.4 is 9.80 Å². The molecule has 0 aliphatic carbocycles. The monoisotopic (exact) mass is 277 g/mol. The Morgan fingerprint density at radius 1 is 1.30 bits per heavy atom. The molecule has 0 aromatic carbocycles. The molecule has 1 aliphatic heterocycles. The largest absolute Gasteiger partial charge is 0.351 e. The molecule has 110 valence electrons. The van der Waals surface area contributed by atoms with Crippen LogP contribution in [-0.2, 0) is 0 Å². The van der Waals surface area contributed by atoms with Crippen molar-refractivity contribution in [3.63, 3.8) is 0 Å². The van der Waals surface area contributed by atoms with Gasteiger partial charge in [0.2, 0.25) is 5.82 Å². The number of hydrogen-bond donors (Lipinski definition) is 1. The van der Waals surface area contributed by atoms with Gasteiger partial charge in [-0.3, -0.25) is 9.28 Å². The summed E-state index contributed by atoms with van der Waals surface area (Å²) in [5.74, 6) is 0.906. The number of pyridine rings is 1. The van der Waals surface area contributed by atoms with E-state index in [1.54, 1.807) is 6.20 Å². The van der Waals surface area contributed by atoms with E-state index in [-0.39, 0.29) is 5.91 Å². The number of quaternary nitrogens is 1. The average Bonchev–Trinajstić information content (AvgIpc) is 2.91. The molecule has 1 aliphatic rings. The van der Waals surface area contributed by atoms with Crippen LogP contribution in [0.1, 0.15) is 23.2 Å². The van der Waals surface area contributed by atoms with Crippen LogP contribution in [-0.4, -0.2) is 63.1 Å². The second-order valence-corrected chi connectivity index (χ2v) is 6.22. The summed E-state index contributed by atoms with van der Waals surface area (Å²) >= 11 is 0. The highest BCUT2D eigenvalue weighted by Crippen LogP contribution is 2.13. The molecule has 5 nitrogen and oxygen atoms in total. The fourth-order valence-corrected chi connectivity index (χ4v) is 2.35. The molecule has 1 fully saturated rings. The lowest BCUT2D eigenvalue weighted by Crippen LogP contribution is -2.36. The molecule has 0 bridgehead atoms. The average molecular weight is 277 g/mol. The van der Waals surface area contributed by atoms with Gasteiger partial charge in [-0.05, 0) is 32.0 Å². The number of likely N-dealkylation sites (tertiary alicyclic amines) is 1. The zero-order chi connectivity index (χ0) is 14.6. The quantitative estimate of drug-likeness (QED) is 0.820. The fraction of sp³-hybridized carbons (Fsp3) is 0.600. The Bertz CT molecular complexity index is 444. The van der Waals surface area contributed by atoms with Gasteiger partial charge < -0.3 is 10.2 Å². The lowest BCUT2D eigenvalue weighted by atomic mass is 10.2. The molecule has 1 aromatic rings. The summed E-state index contributed by atoms with van der Waals surface area (Å²) in [5.41, 5.74) is 0.628. The van der Waals surface area contributed by atoms with Crippen LogP contribution in [0.15, 0.2) is 18.3 Å². The highest BCUT2D eigenvalue weighted by molar-refractivity contribution is 5.94. The van der Waals surface area contributed by atoms with Crippen molar-refractivity contribution in [3.05, 3.63) is 23.9 Å². The third-order valence-electron chi connectivity index (χ3n) is 3.61. The van der Waals surface area contributed by atoms with Gasteiger partial charge in [-0.25, -0.2) is 4.98 Å². The lowest BCUT2D eigenvalue weighted by Gasteiger charge is -2.21. The number of nitrogens with zero attached hydrogens (tertiary/aromatic N) is 3. The van der Waals surface area contributed by atoms with Gasteiger partial charge in [0.1, 0.15) is 0 Å². The van der Waals surface area contributed by atoms with E-state index in [0.717, 1.165) is 25.5 Å². The van der Waals surface area contributed by atoms with Gasteiger partial charge in [-0.15, -0.1) is 0 Å². The first-order valence-corrected chi connectivity index (χ1v) is 7.25. The third kappa shape index (κ3) is 4.02. The number of carbonyl (C=O) groups is 1. The molecule has 0 spiro atoms. The summed E-state index contributed by atoms with van der Waals surface area (Å²) in [5, 5.41) is 2.96.